The number of carbonyl (C=O) groups is 7. The van der Waals surface area contributed by atoms with Crippen LogP contribution in [-0.4, -0.2) is 118 Å². The highest BCUT2D eigenvalue weighted by Crippen LogP contribution is 2.31. The summed E-state index contributed by atoms with van der Waals surface area (Å²) in [5.74, 6) is -6.66. The third-order valence-electron chi connectivity index (χ3n) is 11.5. The number of ether oxygens (including phenoxy) is 1. The van der Waals surface area contributed by atoms with Crippen LogP contribution in [0.25, 0.3) is 0 Å². The van der Waals surface area contributed by atoms with Gasteiger partial charge in [0.05, 0.1) is 5.56 Å². The van der Waals surface area contributed by atoms with Crippen molar-refractivity contribution in [3.63, 3.8) is 0 Å². The predicted octanol–water partition coefficient (Wildman–Crippen LogP) is 3.26. The number of anilines is 1. The van der Waals surface area contributed by atoms with Crippen molar-refractivity contribution in [1.29, 1.82) is 0 Å². The number of carbonyl (C=O) groups excluding carboxylic acids is 7. The quantitative estimate of drug-likeness (QED) is 0.252. The van der Waals surface area contributed by atoms with Gasteiger partial charge in [0.15, 0.2) is 0 Å². The van der Waals surface area contributed by atoms with E-state index < -0.39 is 114 Å². The fraction of sp³-hybridized carbons (Fsp3) is 0.537. The monoisotopic (exact) mass is 861 g/mol. The molecule has 0 aromatic heterocycles. The van der Waals surface area contributed by atoms with Gasteiger partial charge < -0.3 is 40.7 Å². The highest BCUT2D eigenvalue weighted by atomic mass is 19.4. The van der Waals surface area contributed by atoms with Crippen molar-refractivity contribution in [2.45, 2.75) is 114 Å². The number of benzene rings is 2. The van der Waals surface area contributed by atoms with Gasteiger partial charge in [0.25, 0.3) is 0 Å². The molecule has 20 heteroatoms. The minimum absolute atomic E-state index is 0.0478. The molecule has 4 aliphatic rings. The van der Waals surface area contributed by atoms with Crippen LogP contribution >= 0.6 is 0 Å². The van der Waals surface area contributed by atoms with Crippen molar-refractivity contribution in [3.05, 3.63) is 65.2 Å². The molecule has 2 aromatic rings. The van der Waals surface area contributed by atoms with Crippen LogP contribution in [0, 0.1) is 17.6 Å². The van der Waals surface area contributed by atoms with Gasteiger partial charge in [-0.15, -0.1) is 0 Å². The van der Waals surface area contributed by atoms with Crippen LogP contribution in [0.5, 0.6) is 0 Å². The number of fused-ring (bicyclic) bond motifs is 3. The van der Waals surface area contributed by atoms with Crippen LogP contribution in [0.4, 0.5) is 32.4 Å². The molecule has 0 aliphatic carbocycles. The van der Waals surface area contributed by atoms with Gasteiger partial charge in [-0.3, -0.25) is 24.0 Å². The number of nitrogens with zero attached hydrogens (tertiary/aromatic N) is 3. The third-order valence-corrected chi connectivity index (χ3v) is 11.5. The molecule has 7 amide bonds. The number of rotatable bonds is 6. The highest BCUT2D eigenvalue weighted by Gasteiger charge is 2.47. The summed E-state index contributed by atoms with van der Waals surface area (Å²) in [5, 5.41) is 9.91. The van der Waals surface area contributed by atoms with Crippen molar-refractivity contribution in [1.82, 2.24) is 30.7 Å². The minimum Gasteiger partial charge on any atom is -0.458 e. The van der Waals surface area contributed by atoms with Crippen molar-refractivity contribution in [2.24, 2.45) is 5.92 Å². The number of hydrogen-bond donors (Lipinski definition) is 4. The van der Waals surface area contributed by atoms with E-state index in [1.807, 2.05) is 6.92 Å². The van der Waals surface area contributed by atoms with E-state index in [2.05, 4.69) is 21.3 Å². The number of piperidine rings is 1. The zero-order chi connectivity index (χ0) is 44.3. The number of halogens is 5. The Balaban J connectivity index is 1.33. The summed E-state index contributed by atoms with van der Waals surface area (Å²) in [7, 11) is 0. The Kier molecular flexibility index (Phi) is 13.5. The largest absolute Gasteiger partial charge is 0.458 e. The summed E-state index contributed by atoms with van der Waals surface area (Å²) in [6.07, 6.45) is -4.41. The van der Waals surface area contributed by atoms with E-state index in [0.717, 1.165) is 36.4 Å². The molecule has 4 aliphatic heterocycles. The SMILES string of the molecule is C[C@H]1C[C@H]2C(=O)O[C@@H](C)[C@H](NC(=O)[C@H](Cc3cc(F)cc(F)c3)NC(=O)Nc3ccc(C(F)(F)F)cc3)C(=O)N3CCC[C@H]3C(=O)N3CCCC[C@H]3C(=O)N[C@@H](C)C(=O)N2C1. The second-order valence-corrected chi connectivity index (χ2v) is 16.1. The van der Waals surface area contributed by atoms with Gasteiger partial charge in [-0.1, -0.05) is 6.92 Å². The van der Waals surface area contributed by atoms with Gasteiger partial charge in [-0.25, -0.2) is 18.4 Å². The zero-order valence-corrected chi connectivity index (χ0v) is 33.7. The molecule has 0 spiro atoms. The first-order chi connectivity index (χ1) is 28.8. The van der Waals surface area contributed by atoms with Crippen molar-refractivity contribution in [2.75, 3.05) is 25.0 Å². The van der Waals surface area contributed by atoms with Crippen molar-refractivity contribution in [3.8, 4) is 0 Å². The van der Waals surface area contributed by atoms with E-state index >= 15 is 0 Å². The standard InChI is InChI=1S/C41H48F5N7O8/c1-21-15-32-39(59)61-23(3)33(38(58)52-14-6-8-31(52)37(57)51-13-5-4-7-30(51)35(55)47-22(2)36(56)53(32)20-21)50-34(54)29(18-24-16-26(42)19-27(43)17-24)49-40(60)48-28-11-9-25(10-12-28)41(44,45)46/h9-12,16-17,19,21-23,29-33H,4-8,13-15,18,20H2,1-3H3,(H,47,55)(H,50,54)(H2,48,49,60)/t21-,22-,23-,29-,30-,31-,32-,33-/m0/s1. The van der Waals surface area contributed by atoms with Gasteiger partial charge >= 0.3 is 18.2 Å². The first-order valence-corrected chi connectivity index (χ1v) is 20.2. The first kappa shape index (κ1) is 44.7. The maximum Gasteiger partial charge on any atom is 0.416 e. The zero-order valence-electron chi connectivity index (χ0n) is 33.7. The Bertz CT molecular complexity index is 2020. The maximum atomic E-state index is 14.7. The molecule has 330 valence electrons. The molecule has 61 heavy (non-hydrogen) atoms. The highest BCUT2D eigenvalue weighted by molar-refractivity contribution is 5.98. The van der Waals surface area contributed by atoms with E-state index in [9.17, 15) is 55.5 Å². The number of nitrogens with one attached hydrogen (secondary N) is 4. The first-order valence-electron chi connectivity index (χ1n) is 20.2. The van der Waals surface area contributed by atoms with Gasteiger partial charge in [0, 0.05) is 37.8 Å². The summed E-state index contributed by atoms with van der Waals surface area (Å²) < 4.78 is 73.9. The van der Waals surface area contributed by atoms with Crippen LogP contribution in [0.1, 0.15) is 70.4 Å². The van der Waals surface area contributed by atoms with Gasteiger partial charge in [-0.2, -0.15) is 13.2 Å². The molecule has 4 fully saturated rings. The number of cyclic esters (lactones) is 1. The van der Waals surface area contributed by atoms with Crippen LogP contribution < -0.4 is 21.3 Å². The molecule has 0 radical (unpaired) electrons. The number of esters is 1. The molecule has 0 bridgehead atoms. The van der Waals surface area contributed by atoms with Gasteiger partial charge in [0.1, 0.15) is 54.0 Å². The number of alkyl halides is 3. The summed E-state index contributed by atoms with van der Waals surface area (Å²) in [5.41, 5.74) is -1.19. The summed E-state index contributed by atoms with van der Waals surface area (Å²) >= 11 is 0. The van der Waals surface area contributed by atoms with Crippen LogP contribution in [0.2, 0.25) is 0 Å². The number of urea groups is 1. The second kappa shape index (κ2) is 18.4. The molecule has 0 unspecified atom stereocenters. The Morgan fingerprint density at radius 1 is 0.820 bits per heavy atom. The fourth-order valence-corrected chi connectivity index (χ4v) is 8.46. The molecule has 4 N–H and O–H groups in total. The summed E-state index contributed by atoms with van der Waals surface area (Å²) in [6, 6.07) is -2.98. The lowest BCUT2D eigenvalue weighted by atomic mass is 9.99. The molecule has 4 heterocycles. The van der Waals surface area contributed by atoms with E-state index in [4.69, 9.17) is 4.74 Å². The lowest BCUT2D eigenvalue weighted by Gasteiger charge is -2.39. The smallest absolute Gasteiger partial charge is 0.416 e. The third kappa shape index (κ3) is 10.4. The second-order valence-electron chi connectivity index (χ2n) is 16.1. The van der Waals surface area contributed by atoms with E-state index in [1.165, 1.54) is 28.5 Å². The Hall–Kier alpha value is -5.82. The van der Waals surface area contributed by atoms with Crippen LogP contribution in [0.3, 0.4) is 0 Å². The topological polar surface area (TPSA) is 187 Å². The molecule has 8 atom stereocenters. The summed E-state index contributed by atoms with van der Waals surface area (Å²) in [6.45, 7) is 5.04. The molecule has 6 rings (SSSR count). The number of amides is 7. The van der Waals surface area contributed by atoms with Gasteiger partial charge in [-0.05, 0) is 100 Å². The van der Waals surface area contributed by atoms with Gasteiger partial charge in [0.2, 0.25) is 29.5 Å². The molecular weight excluding hydrogens is 813 g/mol. The van der Waals surface area contributed by atoms with E-state index in [-0.39, 0.29) is 49.6 Å². The Labute approximate surface area is 348 Å². The summed E-state index contributed by atoms with van der Waals surface area (Å²) in [4.78, 5) is 102. The molecule has 4 saturated heterocycles. The van der Waals surface area contributed by atoms with E-state index in [0.29, 0.717) is 31.7 Å². The molecule has 2 aromatic carbocycles. The average molecular weight is 862 g/mol. The average Bonchev–Trinajstić information content (AvgIpc) is 3.85. The normalized spacial score (nSPS) is 27.0. The molecule has 0 saturated carbocycles. The van der Waals surface area contributed by atoms with Crippen LogP contribution in [0.15, 0.2) is 42.5 Å². The molecule has 15 nitrogen and oxygen atoms in total. The van der Waals surface area contributed by atoms with E-state index in [1.54, 1.807) is 0 Å². The Morgan fingerprint density at radius 3 is 2.13 bits per heavy atom. The predicted molar refractivity (Wildman–Crippen MR) is 206 cm³/mol. The van der Waals surface area contributed by atoms with Crippen molar-refractivity contribution >= 4 is 47.2 Å². The minimum atomic E-state index is -4.66. The van der Waals surface area contributed by atoms with Crippen molar-refractivity contribution < 1.29 is 60.3 Å². The lowest BCUT2D eigenvalue weighted by Crippen LogP contribution is -2.63. The Morgan fingerprint density at radius 2 is 1.46 bits per heavy atom. The lowest BCUT2D eigenvalue weighted by molar-refractivity contribution is -0.163. The maximum absolute atomic E-state index is 14.7. The fourth-order valence-electron chi connectivity index (χ4n) is 8.46. The van der Waals surface area contributed by atoms with Crippen LogP contribution in [-0.2, 0) is 46.1 Å². The molecular formula is C41H48F5N7O8. The number of hydrogen-bond acceptors (Lipinski definition) is 8.